The number of nitrogen functional groups attached to an aromatic ring is 1. The van der Waals surface area contributed by atoms with Crippen LogP contribution < -0.4 is 11.1 Å². The van der Waals surface area contributed by atoms with Crippen LogP contribution in [0, 0.1) is 5.92 Å². The molecule has 0 bridgehead atoms. The molecule has 5 N–H and O–H groups in total. The number of amides is 3. The van der Waals surface area contributed by atoms with Crippen LogP contribution in [0.2, 0.25) is 0 Å². The molecule has 16 heteroatoms. The quantitative estimate of drug-likeness (QED) is 0.125. The second-order valence-electron chi connectivity index (χ2n) is 9.33. The number of thioether (sulfide) groups is 1. The molecule has 3 aliphatic heterocycles. The van der Waals surface area contributed by atoms with Crippen molar-refractivity contribution in [3.8, 4) is 0 Å². The van der Waals surface area contributed by atoms with E-state index in [2.05, 4.69) is 15.5 Å². The molecule has 0 spiro atoms. The number of aliphatic carboxylic acids is 2. The first-order valence-corrected chi connectivity index (χ1v) is 13.9. The maximum atomic E-state index is 13.1. The molecule has 1 saturated carbocycles. The number of allylic oxidation sites excluding steroid dienone is 1. The molecule has 0 aromatic carbocycles. The highest BCUT2D eigenvalue weighted by Crippen LogP contribution is 2.41. The third-order valence-electron chi connectivity index (χ3n) is 6.55. The predicted octanol–water partition coefficient (Wildman–Crippen LogP) is -0.162. The zero-order valence-electron chi connectivity index (χ0n) is 20.4. The smallest absolute Gasteiger partial charge is 0.352 e. The maximum Gasteiger partial charge on any atom is 0.352 e. The summed E-state index contributed by atoms with van der Waals surface area (Å²) in [6, 6.07) is -1.08. The van der Waals surface area contributed by atoms with Crippen molar-refractivity contribution in [3.05, 3.63) is 34.0 Å². The number of oxime groups is 1. The number of rotatable bonds is 10. The number of nitrogens with one attached hydrogen (secondary N) is 1. The predicted molar refractivity (Wildman–Crippen MR) is 138 cm³/mol. The number of nitrogens with zero attached hydrogens (tertiary/aromatic N) is 4. The summed E-state index contributed by atoms with van der Waals surface area (Å²) in [6.45, 7) is 0.495. The molecule has 1 aliphatic carbocycles. The number of thiazole rings is 1. The van der Waals surface area contributed by atoms with Gasteiger partial charge in [-0.05, 0) is 36.8 Å². The number of anilines is 1. The van der Waals surface area contributed by atoms with Gasteiger partial charge in [0.25, 0.3) is 11.8 Å². The van der Waals surface area contributed by atoms with Gasteiger partial charge in [-0.2, -0.15) is 0 Å². The second-order valence-corrected chi connectivity index (χ2v) is 11.3. The van der Waals surface area contributed by atoms with Gasteiger partial charge in [-0.25, -0.2) is 14.6 Å². The van der Waals surface area contributed by atoms with E-state index in [9.17, 15) is 29.1 Å². The Balaban J connectivity index is 1.32. The van der Waals surface area contributed by atoms with Gasteiger partial charge in [-0.1, -0.05) is 5.16 Å². The Kier molecular flexibility index (Phi) is 7.31. The summed E-state index contributed by atoms with van der Waals surface area (Å²) in [4.78, 5) is 73.4. The number of fused-ring (bicyclic) bond motifs is 1. The summed E-state index contributed by atoms with van der Waals surface area (Å²) in [5.74, 6) is -3.49. The highest BCUT2D eigenvalue weighted by Gasteiger charge is 2.54. The first-order chi connectivity index (χ1) is 18.6. The van der Waals surface area contributed by atoms with Gasteiger partial charge in [0.05, 0.1) is 0 Å². The molecular formula is C23H24N6O8S2. The van der Waals surface area contributed by atoms with Gasteiger partial charge in [0, 0.05) is 29.8 Å². The minimum Gasteiger partial charge on any atom is -0.479 e. The van der Waals surface area contributed by atoms with E-state index in [-0.39, 0.29) is 33.9 Å². The molecule has 206 valence electrons. The van der Waals surface area contributed by atoms with Gasteiger partial charge in [0.2, 0.25) is 12.5 Å². The lowest BCUT2D eigenvalue weighted by Crippen LogP contribution is -2.71. The van der Waals surface area contributed by atoms with Gasteiger partial charge in [0.15, 0.2) is 10.8 Å². The number of carboxylic acid groups (broad SMARTS) is 2. The van der Waals surface area contributed by atoms with Crippen LogP contribution in [-0.2, 0) is 28.8 Å². The fourth-order valence-corrected chi connectivity index (χ4v) is 6.37. The van der Waals surface area contributed by atoms with Crippen LogP contribution in [0.25, 0.3) is 0 Å². The zero-order valence-corrected chi connectivity index (χ0v) is 22.0. The summed E-state index contributed by atoms with van der Waals surface area (Å²) >= 11 is 2.27. The van der Waals surface area contributed by atoms with Crippen LogP contribution in [0.1, 0.15) is 25.0 Å². The summed E-state index contributed by atoms with van der Waals surface area (Å²) in [5.41, 5.74) is 5.93. The van der Waals surface area contributed by atoms with Crippen LogP contribution >= 0.6 is 23.1 Å². The Labute approximate surface area is 229 Å². The van der Waals surface area contributed by atoms with E-state index in [0.717, 1.165) is 29.1 Å². The van der Waals surface area contributed by atoms with Crippen molar-refractivity contribution in [2.45, 2.75) is 30.7 Å². The molecule has 1 aromatic heterocycles. The zero-order chi connectivity index (χ0) is 27.8. The summed E-state index contributed by atoms with van der Waals surface area (Å²) in [7, 11) is 0. The highest BCUT2D eigenvalue weighted by atomic mass is 32.2. The second kappa shape index (κ2) is 10.7. The topological polar surface area (TPSA) is 205 Å². The fraction of sp³-hybridized carbons (Fsp3) is 0.435. The molecule has 2 atom stereocenters. The van der Waals surface area contributed by atoms with Crippen molar-refractivity contribution >= 4 is 63.6 Å². The molecule has 4 aliphatic rings. The molecule has 1 aromatic rings. The molecule has 0 radical (unpaired) electrons. The Morgan fingerprint density at radius 3 is 2.69 bits per heavy atom. The van der Waals surface area contributed by atoms with E-state index in [0.29, 0.717) is 36.6 Å². The van der Waals surface area contributed by atoms with Crippen LogP contribution in [0.5, 0.6) is 0 Å². The third-order valence-corrected chi connectivity index (χ3v) is 8.52. The van der Waals surface area contributed by atoms with E-state index in [1.165, 1.54) is 17.1 Å². The number of aromatic nitrogens is 1. The first-order valence-electron chi connectivity index (χ1n) is 12.0. The number of carboxylic acids is 2. The van der Waals surface area contributed by atoms with Crippen molar-refractivity contribution < 1.29 is 39.0 Å². The Bertz CT molecular complexity index is 1350. The molecular weight excluding hydrogens is 552 g/mol. The van der Waals surface area contributed by atoms with Gasteiger partial charge in [-0.15, -0.1) is 23.1 Å². The molecule has 14 nitrogen and oxygen atoms in total. The Hall–Kier alpha value is -3.92. The number of carbonyl (C=O) groups is 5. The van der Waals surface area contributed by atoms with Crippen molar-refractivity contribution in [1.29, 1.82) is 0 Å². The Morgan fingerprint density at radius 1 is 1.28 bits per heavy atom. The SMILES string of the molecule is Nc1nc(/C(=N/OCC(=O)O)C(=O)N[C@@H]2C(=O)N3C(C(=O)O)=C(/C=C4\CCN(CC5CC5)C4=O)CS[C@H]23)cs1. The van der Waals surface area contributed by atoms with Crippen LogP contribution in [0.15, 0.2) is 33.5 Å². The van der Waals surface area contributed by atoms with Crippen molar-refractivity contribution in [2.75, 3.05) is 31.2 Å². The van der Waals surface area contributed by atoms with E-state index in [4.69, 9.17) is 15.7 Å². The lowest BCUT2D eigenvalue weighted by atomic mass is 10.0. The van der Waals surface area contributed by atoms with Gasteiger partial charge < -0.3 is 31.0 Å². The highest BCUT2D eigenvalue weighted by molar-refractivity contribution is 8.00. The van der Waals surface area contributed by atoms with Gasteiger partial charge >= 0.3 is 11.9 Å². The van der Waals surface area contributed by atoms with E-state index in [1.54, 1.807) is 11.0 Å². The summed E-state index contributed by atoms with van der Waals surface area (Å²) in [6.07, 6.45) is 4.32. The monoisotopic (exact) mass is 576 g/mol. The first kappa shape index (κ1) is 26.7. The lowest BCUT2D eigenvalue weighted by Gasteiger charge is -2.49. The van der Waals surface area contributed by atoms with Crippen LogP contribution in [-0.4, -0.2) is 97.2 Å². The van der Waals surface area contributed by atoms with Gasteiger partial charge in [-0.3, -0.25) is 19.3 Å². The van der Waals surface area contributed by atoms with Crippen molar-refractivity contribution in [1.82, 2.24) is 20.1 Å². The van der Waals surface area contributed by atoms with Crippen molar-refractivity contribution in [3.63, 3.8) is 0 Å². The van der Waals surface area contributed by atoms with Crippen LogP contribution in [0.3, 0.4) is 0 Å². The molecule has 4 heterocycles. The van der Waals surface area contributed by atoms with E-state index in [1.807, 2.05) is 0 Å². The molecule has 2 saturated heterocycles. The number of nitrogens with two attached hydrogens (primary N) is 1. The average molecular weight is 577 g/mol. The number of hydrogen-bond acceptors (Lipinski definition) is 11. The number of hydrogen-bond donors (Lipinski definition) is 4. The number of carbonyl (C=O) groups excluding carboxylic acids is 3. The molecule has 39 heavy (non-hydrogen) atoms. The minimum absolute atomic E-state index is 0.0253. The van der Waals surface area contributed by atoms with E-state index >= 15 is 0 Å². The Morgan fingerprint density at radius 2 is 2.05 bits per heavy atom. The van der Waals surface area contributed by atoms with Crippen molar-refractivity contribution in [2.24, 2.45) is 11.1 Å². The normalized spacial score (nSPS) is 24.1. The number of β-lactam (4-membered cyclic amide) rings is 1. The van der Waals surface area contributed by atoms with Crippen LogP contribution in [0.4, 0.5) is 5.13 Å². The average Bonchev–Trinajstić information content (AvgIpc) is 3.52. The standard InChI is InChI=1S/C23H24N6O8S2/c24-23-25-13(9-39-23)15(27-37-7-14(30)31)18(32)26-16-20(34)29-17(22(35)36)12(8-38-21(16)29)5-11-3-4-28(19(11)33)6-10-1-2-10/h5,9-10,16,21H,1-4,6-8H2,(H2,24,25)(H,26,32)(H,30,31)(H,35,36)/b11-5+,27-15-/t16-,21-/m1/s1. The minimum atomic E-state index is -1.31. The lowest BCUT2D eigenvalue weighted by molar-refractivity contribution is -0.150. The molecule has 0 unspecified atom stereocenters. The summed E-state index contributed by atoms with van der Waals surface area (Å²) in [5, 5.41) is 25.7. The fourth-order valence-electron chi connectivity index (χ4n) is 4.51. The molecule has 3 fully saturated rings. The molecule has 3 amide bonds. The third kappa shape index (κ3) is 5.47. The van der Waals surface area contributed by atoms with Gasteiger partial charge in [0.1, 0.15) is 22.8 Å². The number of likely N-dealkylation sites (tertiary alicyclic amines) is 1. The largest absolute Gasteiger partial charge is 0.479 e. The maximum absolute atomic E-state index is 13.1. The van der Waals surface area contributed by atoms with E-state index < -0.39 is 41.8 Å². The molecule has 5 rings (SSSR count). The summed E-state index contributed by atoms with van der Waals surface area (Å²) < 4.78 is 0.